The molecular formula is C14H16. The number of fused-ring (bicyclic) bond motifs is 1. The molecule has 0 saturated heterocycles. The second kappa shape index (κ2) is 3.13. The number of benzene rings is 2. The van der Waals surface area contributed by atoms with Crippen LogP contribution in [-0.2, 0) is 0 Å². The SMILES string of the molecule is Cc1ccc2c(C)c(C)ccc2c1C. The van der Waals surface area contributed by atoms with Gasteiger partial charge in [-0.3, -0.25) is 0 Å². The fourth-order valence-corrected chi connectivity index (χ4v) is 1.93. The molecule has 72 valence electrons. The van der Waals surface area contributed by atoms with E-state index in [2.05, 4.69) is 52.0 Å². The van der Waals surface area contributed by atoms with Crippen LogP contribution < -0.4 is 0 Å². The molecule has 0 N–H and O–H groups in total. The molecule has 0 amide bonds. The van der Waals surface area contributed by atoms with Crippen molar-refractivity contribution in [3.05, 3.63) is 46.5 Å². The largest absolute Gasteiger partial charge is 0.0584 e. The van der Waals surface area contributed by atoms with E-state index in [-0.39, 0.29) is 0 Å². The van der Waals surface area contributed by atoms with Gasteiger partial charge in [-0.15, -0.1) is 0 Å². The Bertz CT molecular complexity index is 446. The van der Waals surface area contributed by atoms with Crippen LogP contribution >= 0.6 is 0 Å². The van der Waals surface area contributed by atoms with E-state index in [1.54, 1.807) is 0 Å². The van der Waals surface area contributed by atoms with Crippen LogP contribution in [-0.4, -0.2) is 0 Å². The van der Waals surface area contributed by atoms with Gasteiger partial charge >= 0.3 is 0 Å². The fraction of sp³-hybridized carbons (Fsp3) is 0.286. The zero-order chi connectivity index (χ0) is 10.3. The first-order chi connectivity index (χ1) is 6.61. The molecule has 0 spiro atoms. The van der Waals surface area contributed by atoms with Gasteiger partial charge in [-0.2, -0.15) is 0 Å². The van der Waals surface area contributed by atoms with Gasteiger partial charge in [0.2, 0.25) is 0 Å². The van der Waals surface area contributed by atoms with Crippen LogP contribution in [0.3, 0.4) is 0 Å². The molecule has 14 heavy (non-hydrogen) atoms. The third kappa shape index (κ3) is 1.22. The summed E-state index contributed by atoms with van der Waals surface area (Å²) >= 11 is 0. The maximum atomic E-state index is 2.24. The van der Waals surface area contributed by atoms with Crippen LogP contribution in [0.25, 0.3) is 10.8 Å². The van der Waals surface area contributed by atoms with Crippen LogP contribution in [0.4, 0.5) is 0 Å². The molecule has 0 nitrogen and oxygen atoms in total. The summed E-state index contributed by atoms with van der Waals surface area (Å²) in [7, 11) is 0. The summed E-state index contributed by atoms with van der Waals surface area (Å²) in [6.45, 7) is 8.74. The Balaban J connectivity index is 2.94. The average Bonchev–Trinajstić information content (AvgIpc) is 2.17. The van der Waals surface area contributed by atoms with Crippen molar-refractivity contribution in [1.29, 1.82) is 0 Å². The Labute approximate surface area is 85.6 Å². The maximum Gasteiger partial charge on any atom is -0.0149 e. The van der Waals surface area contributed by atoms with Gasteiger partial charge in [-0.1, -0.05) is 24.3 Å². The number of aryl methyl sites for hydroxylation is 4. The van der Waals surface area contributed by atoms with E-state index < -0.39 is 0 Å². The zero-order valence-electron chi connectivity index (χ0n) is 9.31. The number of hydrogen-bond acceptors (Lipinski definition) is 0. The van der Waals surface area contributed by atoms with Crippen molar-refractivity contribution in [3.8, 4) is 0 Å². The van der Waals surface area contributed by atoms with Crippen molar-refractivity contribution in [3.63, 3.8) is 0 Å². The topological polar surface area (TPSA) is 0 Å². The summed E-state index contributed by atoms with van der Waals surface area (Å²) < 4.78 is 0. The molecule has 0 heteroatoms. The van der Waals surface area contributed by atoms with Gasteiger partial charge in [0.15, 0.2) is 0 Å². The molecule has 0 fully saturated rings. The van der Waals surface area contributed by atoms with Gasteiger partial charge in [0.25, 0.3) is 0 Å². The lowest BCUT2D eigenvalue weighted by atomic mass is 9.95. The highest BCUT2D eigenvalue weighted by Crippen LogP contribution is 2.25. The van der Waals surface area contributed by atoms with Gasteiger partial charge in [-0.05, 0) is 60.7 Å². The summed E-state index contributed by atoms with van der Waals surface area (Å²) in [6.07, 6.45) is 0. The van der Waals surface area contributed by atoms with Gasteiger partial charge in [0, 0.05) is 0 Å². The van der Waals surface area contributed by atoms with Gasteiger partial charge in [-0.25, -0.2) is 0 Å². The molecule has 0 aromatic heterocycles. The van der Waals surface area contributed by atoms with E-state index in [1.807, 2.05) is 0 Å². The third-order valence-electron chi connectivity index (χ3n) is 3.28. The summed E-state index contributed by atoms with van der Waals surface area (Å²) in [6, 6.07) is 8.90. The lowest BCUT2D eigenvalue weighted by molar-refractivity contribution is 1.34. The van der Waals surface area contributed by atoms with Gasteiger partial charge in [0.1, 0.15) is 0 Å². The minimum atomic E-state index is 1.38. The van der Waals surface area contributed by atoms with Crippen molar-refractivity contribution in [2.45, 2.75) is 27.7 Å². The Hall–Kier alpha value is -1.30. The second-order valence-electron chi connectivity index (χ2n) is 4.11. The molecule has 2 aromatic carbocycles. The molecule has 2 rings (SSSR count). The van der Waals surface area contributed by atoms with E-state index in [0.29, 0.717) is 0 Å². The quantitative estimate of drug-likeness (QED) is 0.579. The first-order valence-electron chi connectivity index (χ1n) is 5.07. The van der Waals surface area contributed by atoms with E-state index in [1.165, 1.54) is 33.0 Å². The van der Waals surface area contributed by atoms with Gasteiger partial charge < -0.3 is 0 Å². The standard InChI is InChI=1S/C14H16/c1-9-5-7-14-12(4)10(2)6-8-13(14)11(9)3/h5-8H,1-4H3. The highest BCUT2D eigenvalue weighted by atomic mass is 14.1. The lowest BCUT2D eigenvalue weighted by Gasteiger charge is -2.09. The predicted molar refractivity (Wildman–Crippen MR) is 62.9 cm³/mol. The molecule has 0 heterocycles. The maximum absolute atomic E-state index is 2.24. The number of rotatable bonds is 0. The van der Waals surface area contributed by atoms with E-state index >= 15 is 0 Å². The van der Waals surface area contributed by atoms with Crippen molar-refractivity contribution in [2.75, 3.05) is 0 Å². The molecule has 0 unspecified atom stereocenters. The highest BCUT2D eigenvalue weighted by molar-refractivity contribution is 5.90. The van der Waals surface area contributed by atoms with E-state index in [4.69, 9.17) is 0 Å². The molecular weight excluding hydrogens is 168 g/mol. The molecule has 0 atom stereocenters. The first-order valence-corrected chi connectivity index (χ1v) is 5.07. The van der Waals surface area contributed by atoms with Crippen molar-refractivity contribution >= 4 is 10.8 Å². The number of hydrogen-bond donors (Lipinski definition) is 0. The fourth-order valence-electron chi connectivity index (χ4n) is 1.93. The predicted octanol–water partition coefficient (Wildman–Crippen LogP) is 4.07. The lowest BCUT2D eigenvalue weighted by Crippen LogP contribution is -1.88. The smallest absolute Gasteiger partial charge is 0.0149 e. The molecule has 2 aromatic rings. The zero-order valence-corrected chi connectivity index (χ0v) is 9.31. The molecule has 0 aliphatic rings. The summed E-state index contributed by atoms with van der Waals surface area (Å²) in [5.74, 6) is 0. The molecule has 0 bridgehead atoms. The first kappa shape index (κ1) is 9.26. The average molecular weight is 184 g/mol. The van der Waals surface area contributed by atoms with Crippen LogP contribution in [0, 0.1) is 27.7 Å². The summed E-state index contributed by atoms with van der Waals surface area (Å²) in [5, 5.41) is 2.79. The normalized spacial score (nSPS) is 10.9. The molecule has 0 radical (unpaired) electrons. The third-order valence-corrected chi connectivity index (χ3v) is 3.28. The Kier molecular flexibility index (Phi) is 2.07. The van der Waals surface area contributed by atoms with Crippen LogP contribution in [0.5, 0.6) is 0 Å². The minimum Gasteiger partial charge on any atom is -0.0584 e. The molecule has 0 aliphatic heterocycles. The van der Waals surface area contributed by atoms with Crippen LogP contribution in [0.1, 0.15) is 22.3 Å². The van der Waals surface area contributed by atoms with Crippen molar-refractivity contribution in [1.82, 2.24) is 0 Å². The molecule has 0 aliphatic carbocycles. The van der Waals surface area contributed by atoms with E-state index in [9.17, 15) is 0 Å². The van der Waals surface area contributed by atoms with Crippen LogP contribution in [0.2, 0.25) is 0 Å². The Morgan fingerprint density at radius 1 is 0.571 bits per heavy atom. The summed E-state index contributed by atoms with van der Waals surface area (Å²) in [5.41, 5.74) is 5.57. The Morgan fingerprint density at radius 3 is 1.29 bits per heavy atom. The molecule has 0 saturated carbocycles. The monoisotopic (exact) mass is 184 g/mol. The van der Waals surface area contributed by atoms with Crippen molar-refractivity contribution < 1.29 is 0 Å². The Morgan fingerprint density at radius 2 is 0.929 bits per heavy atom. The minimum absolute atomic E-state index is 1.38. The van der Waals surface area contributed by atoms with Crippen molar-refractivity contribution in [2.24, 2.45) is 0 Å². The van der Waals surface area contributed by atoms with Crippen LogP contribution in [0.15, 0.2) is 24.3 Å². The highest BCUT2D eigenvalue weighted by Gasteiger charge is 2.03. The summed E-state index contributed by atoms with van der Waals surface area (Å²) in [4.78, 5) is 0. The van der Waals surface area contributed by atoms with E-state index in [0.717, 1.165) is 0 Å². The van der Waals surface area contributed by atoms with Gasteiger partial charge in [0.05, 0.1) is 0 Å². The second-order valence-corrected chi connectivity index (χ2v) is 4.11.